The van der Waals surface area contributed by atoms with Crippen molar-refractivity contribution in [3.63, 3.8) is 0 Å². The average Bonchev–Trinajstić information content (AvgIpc) is 3.28. The highest BCUT2D eigenvalue weighted by Crippen LogP contribution is 2.70. The summed E-state index contributed by atoms with van der Waals surface area (Å²) in [5.74, 6) is 2.14. The largest absolute Gasteiger partial charge is 0.0801 e. The first-order chi connectivity index (χ1) is 10.4. The molecule has 0 heteroatoms. The molecule has 2 aromatic rings. The van der Waals surface area contributed by atoms with Gasteiger partial charge in [-0.2, -0.15) is 0 Å². The Bertz CT molecular complexity index is 738. The van der Waals surface area contributed by atoms with E-state index in [1.807, 2.05) is 0 Å². The van der Waals surface area contributed by atoms with Gasteiger partial charge >= 0.3 is 0 Å². The number of hydrogen-bond acceptors (Lipinski definition) is 0. The minimum absolute atomic E-state index is 0.300. The fraction of sp³-hybridized carbons (Fsp3) is 0.238. The first-order valence-corrected chi connectivity index (χ1v) is 7.91. The van der Waals surface area contributed by atoms with Crippen molar-refractivity contribution in [3.8, 4) is 0 Å². The number of rotatable bonds is 2. The Morgan fingerprint density at radius 2 is 1.57 bits per heavy atom. The quantitative estimate of drug-likeness (QED) is 0.685. The molecule has 21 heavy (non-hydrogen) atoms. The Labute approximate surface area is 125 Å². The summed E-state index contributed by atoms with van der Waals surface area (Å²) in [5, 5.41) is 0. The van der Waals surface area contributed by atoms with Crippen LogP contribution in [-0.2, 0) is 5.41 Å². The van der Waals surface area contributed by atoms with Crippen LogP contribution in [0.5, 0.6) is 0 Å². The molecule has 1 saturated carbocycles. The molecule has 0 unspecified atom stereocenters. The summed E-state index contributed by atoms with van der Waals surface area (Å²) < 4.78 is 0. The number of benzene rings is 2. The average molecular weight is 270 g/mol. The zero-order valence-corrected chi connectivity index (χ0v) is 11.9. The maximum Gasteiger partial charge on any atom is 0.0233 e. The maximum atomic E-state index is 2.57. The Kier molecular flexibility index (Phi) is 2.19. The van der Waals surface area contributed by atoms with Crippen LogP contribution in [-0.4, -0.2) is 0 Å². The van der Waals surface area contributed by atoms with Crippen LogP contribution in [0.15, 0.2) is 78.9 Å². The molecule has 1 fully saturated rings. The molecule has 3 aliphatic carbocycles. The van der Waals surface area contributed by atoms with Crippen molar-refractivity contribution in [3.05, 3.63) is 90.0 Å². The molecule has 3 aliphatic rings. The van der Waals surface area contributed by atoms with E-state index in [-0.39, 0.29) is 0 Å². The molecule has 0 heterocycles. The zero-order chi connectivity index (χ0) is 13.9. The molecule has 0 radical (unpaired) electrons. The third-order valence-corrected chi connectivity index (χ3v) is 5.74. The molecule has 0 amide bonds. The van der Waals surface area contributed by atoms with Crippen molar-refractivity contribution in [2.45, 2.75) is 11.8 Å². The smallest absolute Gasteiger partial charge is 0.0233 e. The molecule has 0 aromatic heterocycles. The standard InChI is InChI=1S/C21H18/c1-3-7-15(8-4-1)18-14-20-19-13-16(18)11-12-21(19,20)17-9-5-2-6-10-17/h1-12,14,16,19-20H,13H2/t16-,19+,20-,21-/m1/s1. The van der Waals surface area contributed by atoms with Gasteiger partial charge in [0.1, 0.15) is 0 Å². The predicted octanol–water partition coefficient (Wildman–Crippen LogP) is 4.84. The molecule has 0 spiro atoms. The monoisotopic (exact) mass is 270 g/mol. The van der Waals surface area contributed by atoms with Gasteiger partial charge in [-0.15, -0.1) is 0 Å². The molecule has 0 aliphatic heterocycles. The van der Waals surface area contributed by atoms with E-state index in [0.29, 0.717) is 17.3 Å². The van der Waals surface area contributed by atoms with E-state index in [9.17, 15) is 0 Å². The highest BCUT2D eigenvalue weighted by Gasteiger charge is 2.65. The molecule has 5 rings (SSSR count). The van der Waals surface area contributed by atoms with E-state index >= 15 is 0 Å². The normalized spacial score (nSPS) is 35.2. The fourth-order valence-electron chi connectivity index (χ4n) is 4.69. The molecule has 4 atom stereocenters. The van der Waals surface area contributed by atoms with Crippen molar-refractivity contribution in [2.75, 3.05) is 0 Å². The Hall–Kier alpha value is -2.08. The lowest BCUT2D eigenvalue weighted by molar-refractivity contribution is 0.559. The van der Waals surface area contributed by atoms with Crippen molar-refractivity contribution in [1.82, 2.24) is 0 Å². The summed E-state index contributed by atoms with van der Waals surface area (Å²) in [6, 6.07) is 22.0. The minimum Gasteiger partial charge on any atom is -0.0801 e. The first kappa shape index (κ1) is 11.6. The van der Waals surface area contributed by atoms with E-state index in [0.717, 1.165) is 5.92 Å². The van der Waals surface area contributed by atoms with Crippen molar-refractivity contribution in [1.29, 1.82) is 0 Å². The van der Waals surface area contributed by atoms with Gasteiger partial charge in [0.25, 0.3) is 0 Å². The van der Waals surface area contributed by atoms with Gasteiger partial charge in [0, 0.05) is 11.3 Å². The van der Waals surface area contributed by atoms with Crippen LogP contribution in [0.25, 0.3) is 5.57 Å². The highest BCUT2D eigenvalue weighted by molar-refractivity contribution is 5.74. The van der Waals surface area contributed by atoms with Crippen LogP contribution in [0.3, 0.4) is 0 Å². The number of fused-ring (bicyclic) bond motifs is 2. The second kappa shape index (κ2) is 3.98. The molecule has 2 bridgehead atoms. The summed E-state index contributed by atoms with van der Waals surface area (Å²) in [6.07, 6.45) is 8.87. The van der Waals surface area contributed by atoms with Gasteiger partial charge in [0.2, 0.25) is 0 Å². The summed E-state index contributed by atoms with van der Waals surface area (Å²) in [7, 11) is 0. The fourth-order valence-corrected chi connectivity index (χ4v) is 4.69. The van der Waals surface area contributed by atoms with Crippen LogP contribution in [0.2, 0.25) is 0 Å². The van der Waals surface area contributed by atoms with E-state index < -0.39 is 0 Å². The summed E-state index contributed by atoms with van der Waals surface area (Å²) >= 11 is 0. The van der Waals surface area contributed by atoms with E-state index in [2.05, 4.69) is 78.9 Å². The molecule has 2 aromatic carbocycles. The highest BCUT2D eigenvalue weighted by atomic mass is 14.7. The van der Waals surface area contributed by atoms with E-state index in [4.69, 9.17) is 0 Å². The molecule has 0 saturated heterocycles. The van der Waals surface area contributed by atoms with Gasteiger partial charge < -0.3 is 0 Å². The van der Waals surface area contributed by atoms with Crippen molar-refractivity contribution in [2.24, 2.45) is 17.8 Å². The summed E-state index contributed by atoms with van der Waals surface area (Å²) in [4.78, 5) is 0. The predicted molar refractivity (Wildman–Crippen MR) is 86.8 cm³/mol. The molecular weight excluding hydrogens is 252 g/mol. The first-order valence-electron chi connectivity index (χ1n) is 7.91. The van der Waals surface area contributed by atoms with Gasteiger partial charge in [-0.25, -0.2) is 0 Å². The lowest BCUT2D eigenvalue weighted by Gasteiger charge is -2.24. The Balaban J connectivity index is 1.62. The van der Waals surface area contributed by atoms with Gasteiger partial charge in [0.05, 0.1) is 0 Å². The Morgan fingerprint density at radius 1 is 0.857 bits per heavy atom. The summed E-state index contributed by atoms with van der Waals surface area (Å²) in [6.45, 7) is 0. The van der Waals surface area contributed by atoms with Crippen LogP contribution in [0.1, 0.15) is 17.5 Å². The second-order valence-electron chi connectivity index (χ2n) is 6.62. The zero-order valence-electron chi connectivity index (χ0n) is 11.9. The Morgan fingerprint density at radius 3 is 2.33 bits per heavy atom. The lowest BCUT2D eigenvalue weighted by atomic mass is 9.80. The number of allylic oxidation sites excluding steroid dienone is 4. The van der Waals surface area contributed by atoms with Crippen molar-refractivity contribution < 1.29 is 0 Å². The molecule has 0 nitrogen and oxygen atoms in total. The van der Waals surface area contributed by atoms with E-state index in [1.54, 1.807) is 5.57 Å². The van der Waals surface area contributed by atoms with Crippen LogP contribution >= 0.6 is 0 Å². The number of hydrogen-bond donors (Lipinski definition) is 0. The van der Waals surface area contributed by atoms with Crippen LogP contribution in [0.4, 0.5) is 0 Å². The molecular formula is C21H18. The SMILES string of the molecule is C1=C[C@]2(c3ccccc3)[C@@H]3C=C(c4ccccc4)[C@H]1C[C@@H]32. The van der Waals surface area contributed by atoms with Gasteiger partial charge in [-0.3, -0.25) is 0 Å². The topological polar surface area (TPSA) is 0 Å². The van der Waals surface area contributed by atoms with Gasteiger partial charge in [0.15, 0.2) is 0 Å². The second-order valence-corrected chi connectivity index (χ2v) is 6.62. The van der Waals surface area contributed by atoms with E-state index in [1.165, 1.54) is 17.5 Å². The maximum absolute atomic E-state index is 2.57. The molecule has 0 N–H and O–H groups in total. The third kappa shape index (κ3) is 1.45. The minimum atomic E-state index is 0.300. The molecule has 102 valence electrons. The summed E-state index contributed by atoms with van der Waals surface area (Å²) in [5.41, 5.74) is 4.75. The van der Waals surface area contributed by atoms with Crippen molar-refractivity contribution >= 4 is 5.57 Å². The van der Waals surface area contributed by atoms with Crippen LogP contribution < -0.4 is 0 Å². The van der Waals surface area contributed by atoms with Gasteiger partial charge in [-0.05, 0) is 35.0 Å². The lowest BCUT2D eigenvalue weighted by Crippen LogP contribution is -2.14. The van der Waals surface area contributed by atoms with Crippen LogP contribution in [0, 0.1) is 17.8 Å². The van der Waals surface area contributed by atoms with Gasteiger partial charge in [-0.1, -0.05) is 78.9 Å². The third-order valence-electron chi connectivity index (χ3n) is 5.74.